The molecule has 2 nitrogen and oxygen atoms in total. The minimum atomic E-state index is -0.299. The Hall–Kier alpha value is -1.48. The van der Waals surface area contributed by atoms with E-state index in [0.717, 1.165) is 11.1 Å². The second kappa shape index (κ2) is 6.18. The lowest BCUT2D eigenvalue weighted by Crippen LogP contribution is -2.24. The lowest BCUT2D eigenvalue weighted by atomic mass is 10.0. The molecule has 0 fully saturated rings. The van der Waals surface area contributed by atoms with E-state index in [4.69, 9.17) is 0 Å². The van der Waals surface area contributed by atoms with Crippen molar-refractivity contribution >= 4 is 5.78 Å². The smallest absolute Gasteiger partial charge is 0.150 e. The van der Waals surface area contributed by atoms with Gasteiger partial charge in [0.1, 0.15) is 5.82 Å². The van der Waals surface area contributed by atoms with E-state index >= 15 is 0 Å². The second-order valence-corrected chi connectivity index (χ2v) is 3.71. The quantitative estimate of drug-likeness (QED) is 0.588. The molecule has 0 saturated carbocycles. The summed E-state index contributed by atoms with van der Waals surface area (Å²) in [5.74, 6) is -0.247. The van der Waals surface area contributed by atoms with Gasteiger partial charge in [-0.1, -0.05) is 12.1 Å². The number of halogens is 1. The summed E-state index contributed by atoms with van der Waals surface area (Å²) in [7, 11) is 0. The molecule has 0 atom stereocenters. The van der Waals surface area contributed by atoms with Crippen molar-refractivity contribution in [2.24, 2.45) is 0 Å². The molecule has 16 heavy (non-hydrogen) atoms. The first-order chi connectivity index (χ1) is 7.63. The Kier molecular flexibility index (Phi) is 4.86. The first-order valence-corrected chi connectivity index (χ1v) is 5.22. The Labute approximate surface area is 95.2 Å². The van der Waals surface area contributed by atoms with E-state index in [2.05, 4.69) is 11.9 Å². The molecule has 0 spiro atoms. The van der Waals surface area contributed by atoms with E-state index in [1.54, 1.807) is 12.1 Å². The Bertz CT molecular complexity index is 388. The van der Waals surface area contributed by atoms with E-state index in [0.29, 0.717) is 13.1 Å². The summed E-state index contributed by atoms with van der Waals surface area (Å²) in [6.07, 6.45) is 1.97. The van der Waals surface area contributed by atoms with Gasteiger partial charge in [0.05, 0.1) is 6.54 Å². The maximum absolute atomic E-state index is 13.0. The Balaban J connectivity index is 2.55. The molecule has 0 aliphatic heterocycles. The van der Waals surface area contributed by atoms with Gasteiger partial charge in [-0.25, -0.2) is 4.39 Å². The van der Waals surface area contributed by atoms with Gasteiger partial charge in [-0.3, -0.25) is 4.79 Å². The van der Waals surface area contributed by atoms with Crippen LogP contribution in [0.1, 0.15) is 11.1 Å². The second-order valence-electron chi connectivity index (χ2n) is 3.71. The molecule has 0 aliphatic carbocycles. The number of aryl methyl sites for hydroxylation is 1. The maximum Gasteiger partial charge on any atom is 0.150 e. The minimum absolute atomic E-state index is 0.0514. The predicted molar refractivity (Wildman–Crippen MR) is 62.9 cm³/mol. The summed E-state index contributed by atoms with van der Waals surface area (Å²) >= 11 is 0. The number of rotatable bonds is 6. The van der Waals surface area contributed by atoms with Crippen LogP contribution in [0.2, 0.25) is 0 Å². The average Bonchev–Trinajstić information content (AvgIpc) is 2.24. The van der Waals surface area contributed by atoms with Gasteiger partial charge < -0.3 is 5.32 Å². The fraction of sp³-hybridized carbons (Fsp3) is 0.308. The van der Waals surface area contributed by atoms with Crippen LogP contribution < -0.4 is 5.32 Å². The van der Waals surface area contributed by atoms with Crippen molar-refractivity contribution in [2.75, 3.05) is 13.1 Å². The molecular formula is C13H16FNO. The molecular weight excluding hydrogens is 205 g/mol. The molecule has 1 aromatic rings. The highest BCUT2D eigenvalue weighted by atomic mass is 19.1. The lowest BCUT2D eigenvalue weighted by Gasteiger charge is -2.05. The molecule has 1 N–H and O–H groups in total. The van der Waals surface area contributed by atoms with E-state index in [-0.39, 0.29) is 18.0 Å². The monoisotopic (exact) mass is 221 g/mol. The molecule has 0 radical (unpaired) electrons. The molecule has 0 unspecified atom stereocenters. The van der Waals surface area contributed by atoms with Crippen LogP contribution in [-0.2, 0) is 11.2 Å². The first-order valence-electron chi connectivity index (χ1n) is 5.22. The van der Waals surface area contributed by atoms with Crippen LogP contribution in [0.5, 0.6) is 0 Å². The van der Waals surface area contributed by atoms with Crippen molar-refractivity contribution in [3.8, 4) is 0 Å². The van der Waals surface area contributed by atoms with Gasteiger partial charge in [0.2, 0.25) is 0 Å². The number of hydrogen-bond acceptors (Lipinski definition) is 2. The first kappa shape index (κ1) is 12.6. The van der Waals surface area contributed by atoms with Gasteiger partial charge in [0, 0.05) is 13.0 Å². The van der Waals surface area contributed by atoms with Crippen LogP contribution in [0.3, 0.4) is 0 Å². The zero-order valence-corrected chi connectivity index (χ0v) is 9.42. The number of hydrogen-bond donors (Lipinski definition) is 1. The van der Waals surface area contributed by atoms with Gasteiger partial charge in [0.25, 0.3) is 0 Å². The number of benzene rings is 1. The molecule has 0 bridgehead atoms. The predicted octanol–water partition coefficient (Wildman–Crippen LogP) is 2.02. The van der Waals surface area contributed by atoms with Crippen LogP contribution in [0.25, 0.3) is 0 Å². The molecule has 0 aromatic heterocycles. The fourth-order valence-electron chi connectivity index (χ4n) is 1.42. The van der Waals surface area contributed by atoms with E-state index in [1.807, 2.05) is 6.92 Å². The number of ketones is 1. The number of carbonyl (C=O) groups is 1. The lowest BCUT2D eigenvalue weighted by molar-refractivity contribution is -0.117. The van der Waals surface area contributed by atoms with E-state index in [1.165, 1.54) is 12.1 Å². The maximum atomic E-state index is 13.0. The Morgan fingerprint density at radius 2 is 2.31 bits per heavy atom. The van der Waals surface area contributed by atoms with Gasteiger partial charge in [-0.15, -0.1) is 6.58 Å². The molecule has 0 heterocycles. The highest BCUT2D eigenvalue weighted by molar-refractivity contribution is 5.83. The molecule has 1 aromatic carbocycles. The van der Waals surface area contributed by atoms with Crippen LogP contribution in [0.4, 0.5) is 4.39 Å². The third kappa shape index (κ3) is 3.95. The van der Waals surface area contributed by atoms with E-state index in [9.17, 15) is 9.18 Å². The SMILES string of the molecule is C=CCNCC(=O)Cc1cc(F)ccc1C. The van der Waals surface area contributed by atoms with Crippen molar-refractivity contribution in [3.05, 3.63) is 47.8 Å². The van der Waals surface area contributed by atoms with Crippen LogP contribution in [-0.4, -0.2) is 18.9 Å². The van der Waals surface area contributed by atoms with E-state index < -0.39 is 0 Å². The minimum Gasteiger partial charge on any atom is -0.307 e. The number of carbonyl (C=O) groups excluding carboxylic acids is 1. The molecule has 0 saturated heterocycles. The third-order valence-electron chi connectivity index (χ3n) is 2.31. The Morgan fingerprint density at radius 3 is 3.00 bits per heavy atom. The van der Waals surface area contributed by atoms with Crippen molar-refractivity contribution in [1.82, 2.24) is 5.32 Å². The van der Waals surface area contributed by atoms with Gasteiger partial charge >= 0.3 is 0 Å². The third-order valence-corrected chi connectivity index (χ3v) is 2.31. The molecule has 0 aliphatic rings. The highest BCUT2D eigenvalue weighted by Gasteiger charge is 2.06. The zero-order valence-electron chi connectivity index (χ0n) is 9.42. The van der Waals surface area contributed by atoms with Crippen LogP contribution in [0, 0.1) is 12.7 Å². The Morgan fingerprint density at radius 1 is 1.56 bits per heavy atom. The van der Waals surface area contributed by atoms with Gasteiger partial charge in [-0.2, -0.15) is 0 Å². The summed E-state index contributed by atoms with van der Waals surface area (Å²) in [5, 5.41) is 2.93. The molecule has 1 rings (SSSR count). The summed E-state index contributed by atoms with van der Waals surface area (Å²) in [6.45, 7) is 6.32. The highest BCUT2D eigenvalue weighted by Crippen LogP contribution is 2.10. The van der Waals surface area contributed by atoms with Crippen LogP contribution in [0.15, 0.2) is 30.9 Å². The van der Waals surface area contributed by atoms with Gasteiger partial charge in [0.15, 0.2) is 5.78 Å². The van der Waals surface area contributed by atoms with Crippen molar-refractivity contribution < 1.29 is 9.18 Å². The standard InChI is InChI=1S/C13H16FNO/c1-3-6-15-9-13(16)8-11-7-12(14)5-4-10(11)2/h3-5,7,15H,1,6,8-9H2,2H3. The molecule has 86 valence electrons. The summed E-state index contributed by atoms with van der Waals surface area (Å²) in [4.78, 5) is 11.5. The largest absolute Gasteiger partial charge is 0.307 e. The normalized spacial score (nSPS) is 10.1. The van der Waals surface area contributed by atoms with Crippen molar-refractivity contribution in [1.29, 1.82) is 0 Å². The number of Topliss-reactive ketones (excluding diaryl/α,β-unsaturated/α-hetero) is 1. The summed E-state index contributed by atoms with van der Waals surface area (Å²) in [6, 6.07) is 4.51. The molecule has 0 amide bonds. The topological polar surface area (TPSA) is 29.1 Å². The van der Waals surface area contributed by atoms with Crippen molar-refractivity contribution in [3.63, 3.8) is 0 Å². The van der Waals surface area contributed by atoms with Gasteiger partial charge in [-0.05, 0) is 30.2 Å². The summed E-state index contributed by atoms with van der Waals surface area (Å²) < 4.78 is 13.0. The zero-order chi connectivity index (χ0) is 12.0. The van der Waals surface area contributed by atoms with Crippen LogP contribution >= 0.6 is 0 Å². The molecule has 3 heteroatoms. The number of nitrogens with one attached hydrogen (secondary N) is 1. The average molecular weight is 221 g/mol. The van der Waals surface area contributed by atoms with Crippen molar-refractivity contribution in [2.45, 2.75) is 13.3 Å². The summed E-state index contributed by atoms with van der Waals surface area (Å²) in [5.41, 5.74) is 1.70. The fourth-order valence-corrected chi connectivity index (χ4v) is 1.42.